The smallest absolute Gasteiger partial charge is 0.271 e. The van der Waals surface area contributed by atoms with Crippen LogP contribution >= 0.6 is 11.3 Å². The van der Waals surface area contributed by atoms with Gasteiger partial charge in [-0.2, -0.15) is 0 Å². The first-order chi connectivity index (χ1) is 14.3. The Morgan fingerprint density at radius 3 is 2.33 bits per heavy atom. The Morgan fingerprint density at radius 2 is 1.63 bits per heavy atom. The molecule has 2 amide bonds. The first-order valence-electron chi connectivity index (χ1n) is 8.81. The lowest BCUT2D eigenvalue weighted by molar-refractivity contribution is 0.0847. The van der Waals surface area contributed by atoms with E-state index in [4.69, 9.17) is 0 Å². The van der Waals surface area contributed by atoms with Crippen molar-refractivity contribution in [2.24, 2.45) is 0 Å². The summed E-state index contributed by atoms with van der Waals surface area (Å²) >= 11 is 1.07. The van der Waals surface area contributed by atoms with Crippen LogP contribution in [0.4, 0.5) is 11.4 Å². The fourth-order valence-electron chi connectivity index (χ4n) is 2.56. The predicted octanol–water partition coefficient (Wildman–Crippen LogP) is 2.69. The maximum Gasteiger partial charge on any atom is 0.271 e. The zero-order chi connectivity index (χ0) is 21.7. The second kappa shape index (κ2) is 8.97. The lowest BCUT2D eigenvalue weighted by Gasteiger charge is -2.14. The van der Waals surface area contributed by atoms with Gasteiger partial charge in [-0.05, 0) is 41.8 Å². The van der Waals surface area contributed by atoms with E-state index in [1.807, 2.05) is 25.1 Å². The fraction of sp³-hybridized carbons (Fsp3) is 0.100. The molecule has 10 heteroatoms. The predicted molar refractivity (Wildman–Crippen MR) is 117 cm³/mol. The van der Waals surface area contributed by atoms with Gasteiger partial charge in [0.15, 0.2) is 0 Å². The highest BCUT2D eigenvalue weighted by Gasteiger charge is 2.19. The second-order valence-electron chi connectivity index (χ2n) is 6.44. The lowest BCUT2D eigenvalue weighted by Crippen LogP contribution is -2.42. The normalized spacial score (nSPS) is 10.9. The van der Waals surface area contributed by atoms with Gasteiger partial charge in [0, 0.05) is 25.3 Å². The minimum absolute atomic E-state index is 0.0694. The van der Waals surface area contributed by atoms with Crippen molar-refractivity contribution in [2.45, 2.75) is 4.21 Å². The van der Waals surface area contributed by atoms with Gasteiger partial charge in [0.2, 0.25) is 0 Å². The molecule has 0 aliphatic heterocycles. The number of thiophene rings is 1. The van der Waals surface area contributed by atoms with Gasteiger partial charge < -0.3 is 4.90 Å². The molecule has 0 saturated heterocycles. The molecule has 0 unspecified atom stereocenters. The number of rotatable bonds is 6. The van der Waals surface area contributed by atoms with E-state index in [1.54, 1.807) is 41.8 Å². The van der Waals surface area contributed by atoms with Crippen molar-refractivity contribution >= 4 is 44.5 Å². The Bertz CT molecular complexity index is 1160. The number of sulfonamides is 1. The van der Waals surface area contributed by atoms with E-state index in [0.717, 1.165) is 17.0 Å². The van der Waals surface area contributed by atoms with E-state index in [1.165, 1.54) is 18.2 Å². The molecule has 1 heterocycles. The minimum atomic E-state index is -3.82. The maximum absolute atomic E-state index is 12.6. The summed E-state index contributed by atoms with van der Waals surface area (Å²) in [6.07, 6.45) is 0. The highest BCUT2D eigenvalue weighted by atomic mass is 32.2. The quantitative estimate of drug-likeness (QED) is 0.507. The van der Waals surface area contributed by atoms with Gasteiger partial charge in [-0.25, -0.2) is 8.42 Å². The topological polar surface area (TPSA) is 108 Å². The molecule has 8 nitrogen and oxygen atoms in total. The first-order valence-corrected chi connectivity index (χ1v) is 11.2. The molecule has 1 aromatic heterocycles. The summed E-state index contributed by atoms with van der Waals surface area (Å²) in [4.78, 5) is 26.8. The monoisotopic (exact) mass is 444 g/mol. The molecule has 0 radical (unpaired) electrons. The van der Waals surface area contributed by atoms with Crippen LogP contribution in [0.25, 0.3) is 0 Å². The highest BCUT2D eigenvalue weighted by Crippen LogP contribution is 2.22. The van der Waals surface area contributed by atoms with Crippen molar-refractivity contribution < 1.29 is 18.0 Å². The number of carbonyl (C=O) groups excluding carboxylic acids is 2. The number of hydrogen-bond donors (Lipinski definition) is 3. The van der Waals surface area contributed by atoms with Gasteiger partial charge in [0.05, 0.1) is 11.3 Å². The first kappa shape index (κ1) is 21.3. The highest BCUT2D eigenvalue weighted by molar-refractivity contribution is 7.94. The number of amides is 2. The van der Waals surface area contributed by atoms with Crippen LogP contribution in [0.3, 0.4) is 0 Å². The number of carbonyl (C=O) groups is 2. The van der Waals surface area contributed by atoms with E-state index in [0.29, 0.717) is 5.56 Å². The molecule has 3 N–H and O–H groups in total. The van der Waals surface area contributed by atoms with Crippen LogP contribution in [0.15, 0.2) is 70.3 Å². The van der Waals surface area contributed by atoms with Gasteiger partial charge in [0.1, 0.15) is 4.21 Å². The van der Waals surface area contributed by atoms with Crippen LogP contribution in [-0.2, 0) is 10.0 Å². The SMILES string of the molecule is CN(C)c1cccc(C(=O)NNC(=O)c2ccccc2NS(=O)(=O)c2cccs2)c1. The van der Waals surface area contributed by atoms with Crippen LogP contribution in [0.2, 0.25) is 0 Å². The number of hydrogen-bond acceptors (Lipinski definition) is 6. The molecule has 0 fully saturated rings. The third-order valence-corrected chi connectivity index (χ3v) is 6.85. The van der Waals surface area contributed by atoms with Crippen molar-refractivity contribution in [3.63, 3.8) is 0 Å². The number of nitrogens with one attached hydrogen (secondary N) is 3. The summed E-state index contributed by atoms with van der Waals surface area (Å²) in [5, 5.41) is 1.65. The Morgan fingerprint density at radius 1 is 0.900 bits per heavy atom. The zero-order valence-corrected chi connectivity index (χ0v) is 17.9. The largest absolute Gasteiger partial charge is 0.378 e. The summed E-state index contributed by atoms with van der Waals surface area (Å²) < 4.78 is 27.5. The van der Waals surface area contributed by atoms with Crippen molar-refractivity contribution in [1.82, 2.24) is 10.9 Å². The molecular formula is C20H20N4O4S2. The average Bonchev–Trinajstić information content (AvgIpc) is 3.28. The molecule has 0 saturated carbocycles. The fourth-order valence-corrected chi connectivity index (χ4v) is 4.63. The lowest BCUT2D eigenvalue weighted by atomic mass is 10.1. The molecule has 0 bridgehead atoms. The summed E-state index contributed by atoms with van der Waals surface area (Å²) in [6, 6.07) is 16.1. The zero-order valence-electron chi connectivity index (χ0n) is 16.2. The minimum Gasteiger partial charge on any atom is -0.378 e. The van der Waals surface area contributed by atoms with Crippen LogP contribution < -0.4 is 20.5 Å². The van der Waals surface area contributed by atoms with E-state index < -0.39 is 21.8 Å². The number of benzene rings is 2. The molecule has 2 aromatic carbocycles. The summed E-state index contributed by atoms with van der Waals surface area (Å²) in [5.41, 5.74) is 6.05. The third kappa shape index (κ3) is 4.97. The molecule has 3 rings (SSSR count). The number of para-hydroxylation sites is 1. The molecule has 156 valence electrons. The molecule has 0 atom stereocenters. The van der Waals surface area contributed by atoms with Gasteiger partial charge in [-0.1, -0.05) is 24.3 Å². The maximum atomic E-state index is 12.6. The van der Waals surface area contributed by atoms with Crippen LogP contribution in [0.1, 0.15) is 20.7 Å². The van der Waals surface area contributed by atoms with Crippen LogP contribution in [0.5, 0.6) is 0 Å². The van der Waals surface area contributed by atoms with E-state index in [9.17, 15) is 18.0 Å². The Balaban J connectivity index is 1.72. The van der Waals surface area contributed by atoms with Crippen LogP contribution in [-0.4, -0.2) is 34.3 Å². The van der Waals surface area contributed by atoms with E-state index >= 15 is 0 Å². The molecule has 3 aromatic rings. The van der Waals surface area contributed by atoms with Crippen molar-refractivity contribution in [2.75, 3.05) is 23.7 Å². The third-order valence-electron chi connectivity index (χ3n) is 4.09. The average molecular weight is 445 g/mol. The molecule has 0 aliphatic carbocycles. The van der Waals surface area contributed by atoms with Gasteiger partial charge in [-0.15, -0.1) is 11.3 Å². The standard InChI is InChI=1S/C20H20N4O4S2/c1-24(2)15-8-5-7-14(13-15)19(25)21-22-20(26)16-9-3-4-10-17(16)23-30(27,28)18-11-6-12-29-18/h3-13,23H,1-2H3,(H,21,25)(H,22,26). The van der Waals surface area contributed by atoms with Gasteiger partial charge in [-0.3, -0.25) is 25.2 Å². The second-order valence-corrected chi connectivity index (χ2v) is 9.29. The van der Waals surface area contributed by atoms with Gasteiger partial charge >= 0.3 is 0 Å². The van der Waals surface area contributed by atoms with Crippen molar-refractivity contribution in [1.29, 1.82) is 0 Å². The summed E-state index contributed by atoms with van der Waals surface area (Å²) in [7, 11) is -0.108. The molecular weight excluding hydrogens is 424 g/mol. The number of nitrogens with zero attached hydrogens (tertiary/aromatic N) is 1. The number of anilines is 2. The molecule has 0 spiro atoms. The molecule has 30 heavy (non-hydrogen) atoms. The van der Waals surface area contributed by atoms with Gasteiger partial charge in [0.25, 0.3) is 21.8 Å². The van der Waals surface area contributed by atoms with Crippen LogP contribution in [0, 0.1) is 0 Å². The Kier molecular flexibility index (Phi) is 6.38. The van der Waals surface area contributed by atoms with E-state index in [-0.39, 0.29) is 15.5 Å². The molecule has 0 aliphatic rings. The Labute approximate surface area is 178 Å². The summed E-state index contributed by atoms with van der Waals surface area (Å²) in [5.74, 6) is -1.15. The Hall–Kier alpha value is -3.37. The van der Waals surface area contributed by atoms with Crippen molar-refractivity contribution in [3.05, 3.63) is 77.2 Å². The van der Waals surface area contributed by atoms with E-state index in [2.05, 4.69) is 15.6 Å². The summed E-state index contributed by atoms with van der Waals surface area (Å²) in [6.45, 7) is 0. The van der Waals surface area contributed by atoms with Crippen molar-refractivity contribution in [3.8, 4) is 0 Å². The number of hydrazine groups is 1.